The topological polar surface area (TPSA) is 94.1 Å². The summed E-state index contributed by atoms with van der Waals surface area (Å²) in [5.41, 5.74) is 7.60. The van der Waals surface area contributed by atoms with Gasteiger partial charge in [0.05, 0.1) is 17.8 Å². The Morgan fingerprint density at radius 1 is 1.08 bits per heavy atom. The largest absolute Gasteiger partial charge is 0.369 e. The minimum Gasteiger partial charge on any atom is -0.369 e. The van der Waals surface area contributed by atoms with Gasteiger partial charge in [-0.05, 0) is 31.7 Å². The standard InChI is InChI=1S/C19H25N5O2/c20-17(25)13-5-3-4-8-23(11-13)19(26)14-9-16-18(21-10-14)24(12-22-16)15-6-1-2-7-15/h9-10,12-13,15H,1-8,11H2,(H2,20,25). The zero-order valence-electron chi connectivity index (χ0n) is 14.9. The van der Waals surface area contributed by atoms with Gasteiger partial charge in [0, 0.05) is 25.3 Å². The summed E-state index contributed by atoms with van der Waals surface area (Å²) in [4.78, 5) is 35.2. The van der Waals surface area contributed by atoms with E-state index in [1.807, 2.05) is 12.4 Å². The fourth-order valence-electron chi connectivity index (χ4n) is 4.23. The van der Waals surface area contributed by atoms with Crippen LogP contribution in [0.1, 0.15) is 61.3 Å². The van der Waals surface area contributed by atoms with Crippen LogP contribution in [-0.4, -0.2) is 44.3 Å². The molecule has 0 radical (unpaired) electrons. The average Bonchev–Trinajstić information content (AvgIpc) is 3.24. The first-order valence-electron chi connectivity index (χ1n) is 9.54. The number of fused-ring (bicyclic) bond motifs is 1. The lowest BCUT2D eigenvalue weighted by Crippen LogP contribution is -2.38. The lowest BCUT2D eigenvalue weighted by Gasteiger charge is -2.23. The van der Waals surface area contributed by atoms with Gasteiger partial charge in [0.25, 0.3) is 5.91 Å². The van der Waals surface area contributed by atoms with Crippen molar-refractivity contribution in [1.29, 1.82) is 0 Å². The summed E-state index contributed by atoms with van der Waals surface area (Å²) in [5, 5.41) is 0. The molecule has 1 aliphatic heterocycles. The Kier molecular flexibility index (Phi) is 4.61. The van der Waals surface area contributed by atoms with Gasteiger partial charge in [0.1, 0.15) is 5.52 Å². The van der Waals surface area contributed by atoms with E-state index in [0.717, 1.165) is 43.3 Å². The Morgan fingerprint density at radius 3 is 2.62 bits per heavy atom. The molecule has 2 aromatic rings. The highest BCUT2D eigenvalue weighted by atomic mass is 16.2. The molecule has 1 saturated heterocycles. The van der Waals surface area contributed by atoms with Gasteiger partial charge in [-0.2, -0.15) is 0 Å². The average molecular weight is 355 g/mol. The number of primary amides is 1. The van der Waals surface area contributed by atoms with Gasteiger partial charge >= 0.3 is 0 Å². The van der Waals surface area contributed by atoms with E-state index < -0.39 is 0 Å². The van der Waals surface area contributed by atoms with Crippen LogP contribution in [0, 0.1) is 5.92 Å². The molecule has 1 atom stereocenters. The van der Waals surface area contributed by atoms with Gasteiger partial charge in [-0.3, -0.25) is 9.59 Å². The number of carbonyl (C=O) groups excluding carboxylic acids is 2. The number of nitrogens with zero attached hydrogens (tertiary/aromatic N) is 4. The Morgan fingerprint density at radius 2 is 1.85 bits per heavy atom. The van der Waals surface area contributed by atoms with Crippen molar-refractivity contribution in [3.63, 3.8) is 0 Å². The summed E-state index contributed by atoms with van der Waals surface area (Å²) in [6.45, 7) is 1.04. The predicted octanol–water partition coefficient (Wildman–Crippen LogP) is 2.27. The third-order valence-corrected chi connectivity index (χ3v) is 5.74. The maximum Gasteiger partial charge on any atom is 0.255 e. The molecule has 3 heterocycles. The van der Waals surface area contributed by atoms with Crippen molar-refractivity contribution < 1.29 is 9.59 Å². The molecule has 2 fully saturated rings. The first-order valence-corrected chi connectivity index (χ1v) is 9.54. The van der Waals surface area contributed by atoms with E-state index in [1.165, 1.54) is 12.8 Å². The Hall–Kier alpha value is -2.44. The first-order chi connectivity index (χ1) is 12.6. The van der Waals surface area contributed by atoms with Crippen LogP contribution >= 0.6 is 0 Å². The third kappa shape index (κ3) is 3.18. The summed E-state index contributed by atoms with van der Waals surface area (Å²) in [7, 11) is 0. The number of hydrogen-bond acceptors (Lipinski definition) is 4. The molecular weight excluding hydrogens is 330 g/mol. The van der Waals surface area contributed by atoms with E-state index in [0.29, 0.717) is 24.7 Å². The molecule has 0 bridgehead atoms. The highest BCUT2D eigenvalue weighted by molar-refractivity contribution is 5.96. The molecule has 4 rings (SSSR count). The zero-order chi connectivity index (χ0) is 18.1. The minimum atomic E-state index is -0.325. The second-order valence-electron chi connectivity index (χ2n) is 7.50. The highest BCUT2D eigenvalue weighted by Crippen LogP contribution is 2.31. The zero-order valence-corrected chi connectivity index (χ0v) is 14.9. The van der Waals surface area contributed by atoms with Crippen molar-refractivity contribution in [2.75, 3.05) is 13.1 Å². The maximum absolute atomic E-state index is 12.9. The quantitative estimate of drug-likeness (QED) is 0.914. The van der Waals surface area contributed by atoms with Gasteiger partial charge in [-0.15, -0.1) is 0 Å². The molecule has 2 amide bonds. The van der Waals surface area contributed by atoms with Crippen LogP contribution in [0.4, 0.5) is 0 Å². The molecule has 7 nitrogen and oxygen atoms in total. The van der Waals surface area contributed by atoms with E-state index in [4.69, 9.17) is 5.73 Å². The predicted molar refractivity (Wildman–Crippen MR) is 97.5 cm³/mol. The van der Waals surface area contributed by atoms with E-state index in [9.17, 15) is 9.59 Å². The fraction of sp³-hybridized carbons (Fsp3) is 0.579. The number of likely N-dealkylation sites (tertiary alicyclic amines) is 1. The molecule has 138 valence electrons. The number of pyridine rings is 1. The summed E-state index contributed by atoms with van der Waals surface area (Å²) in [6.07, 6.45) is 10.9. The monoisotopic (exact) mass is 355 g/mol. The lowest BCUT2D eigenvalue weighted by molar-refractivity contribution is -0.122. The normalized spacial score (nSPS) is 21.8. The van der Waals surface area contributed by atoms with Gasteiger partial charge in [-0.1, -0.05) is 19.3 Å². The number of imidazole rings is 1. The number of nitrogens with two attached hydrogens (primary N) is 1. The Bertz CT molecular complexity index is 824. The van der Waals surface area contributed by atoms with Gasteiger partial charge in [-0.25, -0.2) is 9.97 Å². The summed E-state index contributed by atoms with van der Waals surface area (Å²) in [5.74, 6) is -0.684. The van der Waals surface area contributed by atoms with Crippen LogP contribution in [0.2, 0.25) is 0 Å². The van der Waals surface area contributed by atoms with Crippen LogP contribution in [0.25, 0.3) is 11.2 Å². The summed E-state index contributed by atoms with van der Waals surface area (Å²) >= 11 is 0. The van der Waals surface area contributed by atoms with E-state index in [2.05, 4.69) is 14.5 Å². The highest BCUT2D eigenvalue weighted by Gasteiger charge is 2.27. The molecule has 1 aliphatic carbocycles. The number of carbonyl (C=O) groups is 2. The van der Waals surface area contributed by atoms with Crippen LogP contribution in [0.5, 0.6) is 0 Å². The lowest BCUT2D eigenvalue weighted by atomic mass is 10.0. The minimum absolute atomic E-state index is 0.0945. The maximum atomic E-state index is 12.9. The molecule has 0 spiro atoms. The first kappa shape index (κ1) is 17.0. The van der Waals surface area contributed by atoms with Crippen molar-refractivity contribution in [1.82, 2.24) is 19.4 Å². The summed E-state index contributed by atoms with van der Waals surface area (Å²) in [6, 6.07) is 2.29. The molecule has 1 saturated carbocycles. The van der Waals surface area contributed by atoms with E-state index in [1.54, 1.807) is 11.1 Å². The van der Waals surface area contributed by atoms with Gasteiger partial charge in [0.2, 0.25) is 5.91 Å². The Balaban J connectivity index is 1.57. The van der Waals surface area contributed by atoms with Crippen molar-refractivity contribution >= 4 is 23.0 Å². The molecule has 7 heteroatoms. The molecule has 26 heavy (non-hydrogen) atoms. The second kappa shape index (κ2) is 7.05. The number of rotatable bonds is 3. The van der Waals surface area contributed by atoms with Crippen molar-refractivity contribution in [2.24, 2.45) is 11.7 Å². The number of hydrogen-bond donors (Lipinski definition) is 1. The molecule has 0 aromatic carbocycles. The fourth-order valence-corrected chi connectivity index (χ4v) is 4.23. The van der Waals surface area contributed by atoms with Crippen LogP contribution in [0.3, 0.4) is 0 Å². The molecule has 1 unspecified atom stereocenters. The van der Waals surface area contributed by atoms with E-state index in [-0.39, 0.29) is 17.7 Å². The van der Waals surface area contributed by atoms with Crippen LogP contribution < -0.4 is 5.73 Å². The van der Waals surface area contributed by atoms with Crippen molar-refractivity contribution in [3.8, 4) is 0 Å². The molecule has 2 N–H and O–H groups in total. The number of aromatic nitrogens is 3. The third-order valence-electron chi connectivity index (χ3n) is 5.74. The Labute approximate surface area is 152 Å². The molecule has 2 aliphatic rings. The van der Waals surface area contributed by atoms with Crippen LogP contribution in [0.15, 0.2) is 18.6 Å². The van der Waals surface area contributed by atoms with E-state index >= 15 is 0 Å². The molecule has 2 aromatic heterocycles. The van der Waals surface area contributed by atoms with Crippen molar-refractivity contribution in [3.05, 3.63) is 24.2 Å². The smallest absolute Gasteiger partial charge is 0.255 e. The second-order valence-corrected chi connectivity index (χ2v) is 7.50. The SMILES string of the molecule is NC(=O)C1CCCCN(C(=O)c2cnc3c(c2)ncn3C2CCCC2)C1. The summed E-state index contributed by atoms with van der Waals surface area (Å²) < 4.78 is 2.14. The van der Waals surface area contributed by atoms with Crippen molar-refractivity contribution in [2.45, 2.75) is 51.0 Å². The van der Waals surface area contributed by atoms with Crippen LogP contribution in [-0.2, 0) is 4.79 Å². The number of amides is 2. The van der Waals surface area contributed by atoms with Gasteiger partial charge in [0.15, 0.2) is 5.65 Å². The van der Waals surface area contributed by atoms with Gasteiger partial charge < -0.3 is 15.2 Å². The molecular formula is C19H25N5O2.